The Kier molecular flexibility index (Phi) is 8.64. The van der Waals surface area contributed by atoms with Crippen molar-refractivity contribution in [1.82, 2.24) is 20.4 Å². The van der Waals surface area contributed by atoms with E-state index < -0.39 is 0 Å². The van der Waals surface area contributed by atoms with Crippen LogP contribution >= 0.6 is 0 Å². The third-order valence-electron chi connectivity index (χ3n) is 6.74. The number of hydrogen-bond donors (Lipinski definition) is 2. The summed E-state index contributed by atoms with van der Waals surface area (Å²) in [5.74, 6) is 3.22. The van der Waals surface area contributed by atoms with Crippen LogP contribution in [0.5, 0.6) is 0 Å². The van der Waals surface area contributed by atoms with Crippen LogP contribution in [-0.4, -0.2) is 73.5 Å². The molecule has 3 atom stereocenters. The number of carbonyl (C=O) groups is 1. The maximum atomic E-state index is 12.7. The Morgan fingerprint density at radius 1 is 1.07 bits per heavy atom. The number of likely N-dealkylation sites (tertiary alicyclic amines) is 2. The minimum Gasteiger partial charge on any atom is -0.357 e. The summed E-state index contributed by atoms with van der Waals surface area (Å²) in [6.07, 6.45) is 8.11. The quantitative estimate of drug-likeness (QED) is 0.388. The van der Waals surface area contributed by atoms with Crippen molar-refractivity contribution in [3.8, 4) is 0 Å². The van der Waals surface area contributed by atoms with E-state index in [1.54, 1.807) is 0 Å². The highest BCUT2D eigenvalue weighted by molar-refractivity contribution is 5.81. The molecule has 0 bridgehead atoms. The summed E-state index contributed by atoms with van der Waals surface area (Å²) < 4.78 is 0. The molecule has 0 spiro atoms. The molecule has 2 aliphatic heterocycles. The minimum absolute atomic E-state index is 0.288. The molecule has 3 unspecified atom stereocenters. The third-order valence-corrected chi connectivity index (χ3v) is 6.74. The lowest BCUT2D eigenvalue weighted by atomic mass is 9.92. The topological polar surface area (TPSA) is 60.0 Å². The molecule has 2 saturated heterocycles. The Morgan fingerprint density at radius 3 is 2.48 bits per heavy atom. The molecule has 1 saturated carbocycles. The maximum Gasteiger partial charge on any atom is 0.225 e. The smallest absolute Gasteiger partial charge is 0.225 e. The number of piperidine rings is 1. The number of rotatable bonds is 7. The van der Waals surface area contributed by atoms with Gasteiger partial charge in [0.15, 0.2) is 5.96 Å². The molecule has 0 radical (unpaired) electrons. The van der Waals surface area contributed by atoms with Crippen LogP contribution in [0.4, 0.5) is 0 Å². The largest absolute Gasteiger partial charge is 0.357 e. The zero-order chi connectivity index (χ0) is 20.6. The van der Waals surface area contributed by atoms with Crippen molar-refractivity contribution >= 4 is 11.9 Å². The number of nitrogens with one attached hydrogen (secondary N) is 2. The van der Waals surface area contributed by atoms with Gasteiger partial charge in [-0.1, -0.05) is 26.7 Å². The maximum absolute atomic E-state index is 12.7. The highest BCUT2D eigenvalue weighted by Crippen LogP contribution is 2.27. The van der Waals surface area contributed by atoms with Gasteiger partial charge in [0.1, 0.15) is 0 Å². The number of guanidine groups is 1. The molecule has 2 N–H and O–H groups in total. The molecule has 29 heavy (non-hydrogen) atoms. The van der Waals surface area contributed by atoms with E-state index in [4.69, 9.17) is 4.99 Å². The monoisotopic (exact) mass is 405 g/mol. The summed E-state index contributed by atoms with van der Waals surface area (Å²) in [6.45, 7) is 13.9. The first-order chi connectivity index (χ1) is 14.0. The van der Waals surface area contributed by atoms with Crippen LogP contribution in [0.3, 0.4) is 0 Å². The van der Waals surface area contributed by atoms with Crippen molar-refractivity contribution in [2.45, 2.75) is 71.8 Å². The normalized spacial score (nSPS) is 29.4. The van der Waals surface area contributed by atoms with Crippen molar-refractivity contribution in [3.05, 3.63) is 0 Å². The van der Waals surface area contributed by atoms with Crippen molar-refractivity contribution in [2.75, 3.05) is 45.8 Å². The molecular weight excluding hydrogens is 362 g/mol. The fourth-order valence-corrected chi connectivity index (χ4v) is 5.48. The zero-order valence-electron chi connectivity index (χ0n) is 19.0. The van der Waals surface area contributed by atoms with Crippen LogP contribution < -0.4 is 10.6 Å². The number of amides is 1. The zero-order valence-corrected chi connectivity index (χ0v) is 19.0. The van der Waals surface area contributed by atoms with E-state index in [2.05, 4.69) is 41.2 Å². The Balaban J connectivity index is 1.40. The number of nitrogens with zero attached hydrogens (tertiary/aromatic N) is 3. The number of aliphatic imine (C=N–C) groups is 1. The first-order valence-corrected chi connectivity index (χ1v) is 12.1. The molecule has 0 aromatic carbocycles. The Bertz CT molecular complexity index is 535. The van der Waals surface area contributed by atoms with E-state index >= 15 is 0 Å². The SMILES string of the molecule is CCNC(=NCCCN1CC(C)CC(C)C1)NC1CCN(C(=O)C2CCCC2)C1. The molecule has 2 heterocycles. The van der Waals surface area contributed by atoms with Gasteiger partial charge in [0, 0.05) is 51.2 Å². The molecule has 6 nitrogen and oxygen atoms in total. The second-order valence-corrected chi connectivity index (χ2v) is 9.72. The van der Waals surface area contributed by atoms with E-state index in [0.717, 1.165) is 76.2 Å². The lowest BCUT2D eigenvalue weighted by molar-refractivity contribution is -0.134. The van der Waals surface area contributed by atoms with Crippen LogP contribution in [0.25, 0.3) is 0 Å². The van der Waals surface area contributed by atoms with Gasteiger partial charge in [0.05, 0.1) is 0 Å². The first kappa shape index (κ1) is 22.4. The average molecular weight is 406 g/mol. The van der Waals surface area contributed by atoms with Gasteiger partial charge in [0.25, 0.3) is 0 Å². The minimum atomic E-state index is 0.288. The van der Waals surface area contributed by atoms with E-state index in [0.29, 0.717) is 11.9 Å². The van der Waals surface area contributed by atoms with Crippen molar-refractivity contribution in [3.63, 3.8) is 0 Å². The van der Waals surface area contributed by atoms with E-state index in [-0.39, 0.29) is 5.92 Å². The van der Waals surface area contributed by atoms with Gasteiger partial charge < -0.3 is 20.4 Å². The fraction of sp³-hybridized carbons (Fsp3) is 0.913. The third kappa shape index (κ3) is 6.87. The summed E-state index contributed by atoms with van der Waals surface area (Å²) in [5.41, 5.74) is 0. The molecule has 1 aliphatic carbocycles. The fourth-order valence-electron chi connectivity index (χ4n) is 5.48. The van der Waals surface area contributed by atoms with Crippen LogP contribution in [-0.2, 0) is 4.79 Å². The summed E-state index contributed by atoms with van der Waals surface area (Å²) in [6, 6.07) is 0.321. The van der Waals surface area contributed by atoms with Gasteiger partial charge in [-0.3, -0.25) is 9.79 Å². The molecule has 6 heteroatoms. The summed E-state index contributed by atoms with van der Waals surface area (Å²) in [7, 11) is 0. The Labute approximate surface area is 177 Å². The predicted octanol–water partition coefficient (Wildman–Crippen LogP) is 2.70. The highest BCUT2D eigenvalue weighted by Gasteiger charge is 2.32. The van der Waals surface area contributed by atoms with Crippen LogP contribution in [0.15, 0.2) is 4.99 Å². The molecule has 166 valence electrons. The van der Waals surface area contributed by atoms with Crippen molar-refractivity contribution in [2.24, 2.45) is 22.7 Å². The lowest BCUT2D eigenvalue weighted by Crippen LogP contribution is -2.45. The first-order valence-electron chi connectivity index (χ1n) is 12.1. The summed E-state index contributed by atoms with van der Waals surface area (Å²) in [4.78, 5) is 22.2. The van der Waals surface area contributed by atoms with Crippen LogP contribution in [0.2, 0.25) is 0 Å². The van der Waals surface area contributed by atoms with Gasteiger partial charge in [-0.25, -0.2) is 0 Å². The van der Waals surface area contributed by atoms with Crippen molar-refractivity contribution in [1.29, 1.82) is 0 Å². The van der Waals surface area contributed by atoms with Crippen molar-refractivity contribution < 1.29 is 4.79 Å². The van der Waals surface area contributed by atoms with Gasteiger partial charge in [0.2, 0.25) is 5.91 Å². The van der Waals surface area contributed by atoms with Gasteiger partial charge in [-0.05, 0) is 57.4 Å². The standard InChI is InChI=1S/C23H43N5O/c1-4-24-23(25-11-7-12-27-15-18(2)14-19(3)16-27)26-21-10-13-28(17-21)22(29)20-8-5-6-9-20/h18-21H,4-17H2,1-3H3,(H2,24,25,26). The molecule has 3 rings (SSSR count). The number of carbonyl (C=O) groups excluding carboxylic acids is 1. The number of hydrogen-bond acceptors (Lipinski definition) is 3. The van der Waals surface area contributed by atoms with Crippen LogP contribution in [0, 0.1) is 17.8 Å². The van der Waals surface area contributed by atoms with Gasteiger partial charge in [-0.2, -0.15) is 0 Å². The second-order valence-electron chi connectivity index (χ2n) is 9.72. The van der Waals surface area contributed by atoms with Crippen LogP contribution in [0.1, 0.15) is 65.7 Å². The second kappa shape index (κ2) is 11.2. The molecule has 0 aromatic rings. The molecule has 3 aliphatic rings. The van der Waals surface area contributed by atoms with E-state index in [1.807, 2.05) is 0 Å². The molecule has 1 amide bonds. The van der Waals surface area contributed by atoms with E-state index in [1.165, 1.54) is 32.4 Å². The lowest BCUT2D eigenvalue weighted by Gasteiger charge is -2.34. The molecule has 0 aromatic heterocycles. The average Bonchev–Trinajstić information content (AvgIpc) is 3.36. The van der Waals surface area contributed by atoms with Gasteiger partial charge >= 0.3 is 0 Å². The summed E-state index contributed by atoms with van der Waals surface area (Å²) in [5, 5.41) is 6.96. The van der Waals surface area contributed by atoms with E-state index in [9.17, 15) is 4.79 Å². The van der Waals surface area contributed by atoms with Gasteiger partial charge in [-0.15, -0.1) is 0 Å². The molecule has 3 fully saturated rings. The predicted molar refractivity (Wildman–Crippen MR) is 120 cm³/mol. The highest BCUT2D eigenvalue weighted by atomic mass is 16.2. The molecular formula is C23H43N5O. The Morgan fingerprint density at radius 2 is 1.79 bits per heavy atom. The summed E-state index contributed by atoms with van der Waals surface area (Å²) >= 11 is 0. The Hall–Kier alpha value is -1.30.